The number of nitrogens with zero attached hydrogens (tertiary/aromatic N) is 1. The molecule has 0 fully saturated rings. The van der Waals surface area contributed by atoms with E-state index in [1.165, 1.54) is 18.2 Å². The molecule has 2 rings (SSSR count). The number of benzene rings is 1. The van der Waals surface area contributed by atoms with Crippen molar-refractivity contribution in [3.63, 3.8) is 0 Å². The van der Waals surface area contributed by atoms with E-state index in [9.17, 15) is 22.8 Å². The zero-order valence-electron chi connectivity index (χ0n) is 10.4. The second kappa shape index (κ2) is 5.65. The maximum atomic E-state index is 12.7. The fourth-order valence-corrected chi connectivity index (χ4v) is 1.50. The number of alkyl halides is 3. The molecule has 0 aliphatic carbocycles. The van der Waals surface area contributed by atoms with E-state index in [-0.39, 0.29) is 11.4 Å². The van der Waals surface area contributed by atoms with Crippen LogP contribution in [0, 0.1) is 0 Å². The van der Waals surface area contributed by atoms with E-state index in [1.807, 2.05) is 5.10 Å². The highest BCUT2D eigenvalue weighted by molar-refractivity contribution is 5.92. The zero-order valence-corrected chi connectivity index (χ0v) is 10.4. The number of halogens is 3. The topological polar surface area (TPSA) is 86.9 Å². The number of carbonyl (C=O) groups excluding carboxylic acids is 1. The van der Waals surface area contributed by atoms with Crippen LogP contribution in [0.4, 0.5) is 18.9 Å². The van der Waals surface area contributed by atoms with E-state index >= 15 is 0 Å². The Balaban J connectivity index is 2.12. The Morgan fingerprint density at radius 2 is 1.86 bits per heavy atom. The number of amides is 1. The molecule has 3 N–H and O–H groups in total. The maximum absolute atomic E-state index is 12.7. The van der Waals surface area contributed by atoms with Crippen LogP contribution in [0.1, 0.15) is 16.1 Å². The molecular formula is C12H9F3N4O2. The van der Waals surface area contributed by atoms with Gasteiger partial charge in [-0.15, -0.1) is 0 Å². The van der Waals surface area contributed by atoms with Gasteiger partial charge in [0.05, 0.1) is 11.3 Å². The third-order valence-corrected chi connectivity index (χ3v) is 2.45. The highest BCUT2D eigenvalue weighted by Crippen LogP contribution is 2.34. The lowest BCUT2D eigenvalue weighted by atomic mass is 10.2. The second-order valence-corrected chi connectivity index (χ2v) is 3.93. The van der Waals surface area contributed by atoms with Gasteiger partial charge in [-0.1, -0.05) is 12.1 Å². The van der Waals surface area contributed by atoms with Gasteiger partial charge in [-0.25, -0.2) is 5.10 Å². The van der Waals surface area contributed by atoms with Gasteiger partial charge in [0.1, 0.15) is 0 Å². The highest BCUT2D eigenvalue weighted by atomic mass is 19.4. The number of nitrogens with one attached hydrogen (secondary N) is 3. The average molecular weight is 298 g/mol. The quantitative estimate of drug-likeness (QED) is 0.750. The molecule has 0 atom stereocenters. The first-order chi connectivity index (χ1) is 9.88. The van der Waals surface area contributed by atoms with E-state index in [1.54, 1.807) is 0 Å². The van der Waals surface area contributed by atoms with Crippen molar-refractivity contribution in [2.24, 2.45) is 0 Å². The predicted molar refractivity (Wildman–Crippen MR) is 67.4 cm³/mol. The lowest BCUT2D eigenvalue weighted by Gasteiger charge is -2.14. The summed E-state index contributed by atoms with van der Waals surface area (Å²) < 4.78 is 38.2. The first-order valence-electron chi connectivity index (χ1n) is 5.66. The minimum absolute atomic E-state index is 0.147. The summed E-state index contributed by atoms with van der Waals surface area (Å²) in [7, 11) is 0. The first kappa shape index (κ1) is 14.6. The van der Waals surface area contributed by atoms with Crippen LogP contribution >= 0.6 is 0 Å². The molecule has 1 heterocycles. The Labute approximate surface area is 116 Å². The number of rotatable bonds is 3. The van der Waals surface area contributed by atoms with E-state index in [0.717, 1.165) is 18.2 Å². The third kappa shape index (κ3) is 3.59. The van der Waals surface area contributed by atoms with Crippen molar-refractivity contribution in [2.45, 2.75) is 6.18 Å². The van der Waals surface area contributed by atoms with Crippen molar-refractivity contribution in [2.75, 3.05) is 5.43 Å². The predicted octanol–water partition coefficient (Wildman–Crippen LogP) is 1.55. The molecule has 0 aliphatic rings. The Hall–Kier alpha value is -2.84. The number of hydrogen-bond acceptors (Lipinski definition) is 4. The second-order valence-electron chi connectivity index (χ2n) is 3.93. The summed E-state index contributed by atoms with van der Waals surface area (Å²) in [6, 6.07) is 6.90. The van der Waals surface area contributed by atoms with Gasteiger partial charge >= 0.3 is 6.18 Å². The molecule has 0 unspecified atom stereocenters. The third-order valence-electron chi connectivity index (χ3n) is 2.45. The van der Waals surface area contributed by atoms with Crippen LogP contribution in [0.5, 0.6) is 0 Å². The maximum Gasteiger partial charge on any atom is 0.418 e. The molecule has 1 aromatic heterocycles. The van der Waals surface area contributed by atoms with Crippen LogP contribution in [-0.4, -0.2) is 16.1 Å². The molecule has 110 valence electrons. The lowest BCUT2D eigenvalue weighted by Crippen LogP contribution is -2.31. The van der Waals surface area contributed by atoms with E-state index < -0.39 is 23.2 Å². The number of para-hydroxylation sites is 1. The minimum Gasteiger partial charge on any atom is -0.298 e. The molecule has 0 radical (unpaired) electrons. The van der Waals surface area contributed by atoms with Crippen LogP contribution < -0.4 is 16.4 Å². The normalized spacial score (nSPS) is 11.0. The Bertz CT molecular complexity index is 692. The zero-order chi connectivity index (χ0) is 15.5. The molecule has 9 heteroatoms. The van der Waals surface area contributed by atoms with Crippen molar-refractivity contribution in [1.29, 1.82) is 0 Å². The number of hydrogen-bond donors (Lipinski definition) is 3. The van der Waals surface area contributed by atoms with Crippen molar-refractivity contribution in [1.82, 2.24) is 15.6 Å². The van der Waals surface area contributed by atoms with Crippen LogP contribution in [-0.2, 0) is 6.18 Å². The van der Waals surface area contributed by atoms with Gasteiger partial charge in [-0.05, 0) is 18.2 Å². The van der Waals surface area contributed by atoms with Crippen molar-refractivity contribution >= 4 is 11.6 Å². The Morgan fingerprint density at radius 1 is 1.14 bits per heavy atom. The van der Waals surface area contributed by atoms with Crippen LogP contribution in [0.2, 0.25) is 0 Å². The lowest BCUT2D eigenvalue weighted by molar-refractivity contribution is -0.137. The van der Waals surface area contributed by atoms with Crippen LogP contribution in [0.25, 0.3) is 0 Å². The molecule has 2 aromatic rings. The van der Waals surface area contributed by atoms with Gasteiger partial charge in [-0.2, -0.15) is 18.3 Å². The highest BCUT2D eigenvalue weighted by Gasteiger charge is 2.33. The number of hydrazine groups is 1. The summed E-state index contributed by atoms with van der Waals surface area (Å²) >= 11 is 0. The van der Waals surface area contributed by atoms with Crippen LogP contribution in [0.15, 0.2) is 41.2 Å². The van der Waals surface area contributed by atoms with E-state index in [0.29, 0.717) is 0 Å². The molecule has 0 aliphatic heterocycles. The summed E-state index contributed by atoms with van der Waals surface area (Å²) in [5.74, 6) is -0.789. The van der Waals surface area contributed by atoms with Gasteiger partial charge in [0.15, 0.2) is 5.69 Å². The van der Waals surface area contributed by atoms with E-state index in [4.69, 9.17) is 0 Å². The fourth-order valence-electron chi connectivity index (χ4n) is 1.50. The number of anilines is 1. The fraction of sp³-hybridized carbons (Fsp3) is 0.0833. The molecule has 0 bridgehead atoms. The average Bonchev–Trinajstić information content (AvgIpc) is 2.45. The van der Waals surface area contributed by atoms with Gasteiger partial charge in [-0.3, -0.25) is 20.4 Å². The standard InChI is InChI=1S/C12H9F3N4O2/c13-12(14,15)7-3-1-2-4-8(7)16-19-11(21)9-5-6-10(20)18-17-9/h1-6,16H,(H,18,20)(H,19,21). The largest absolute Gasteiger partial charge is 0.418 e. The molecule has 0 saturated carbocycles. The number of H-pyrrole nitrogens is 1. The summed E-state index contributed by atoms with van der Waals surface area (Å²) in [5.41, 5.74) is 2.39. The van der Waals surface area contributed by atoms with Crippen LogP contribution in [0.3, 0.4) is 0 Å². The molecule has 0 saturated heterocycles. The van der Waals surface area contributed by atoms with Crippen molar-refractivity contribution in [3.05, 3.63) is 58.0 Å². The number of aromatic nitrogens is 2. The molecule has 6 nitrogen and oxygen atoms in total. The molecular weight excluding hydrogens is 289 g/mol. The first-order valence-corrected chi connectivity index (χ1v) is 5.66. The molecule has 0 spiro atoms. The van der Waals surface area contributed by atoms with Gasteiger partial charge in [0.25, 0.3) is 11.5 Å². The van der Waals surface area contributed by atoms with Gasteiger partial charge in [0.2, 0.25) is 0 Å². The monoisotopic (exact) mass is 298 g/mol. The van der Waals surface area contributed by atoms with E-state index in [2.05, 4.69) is 16.0 Å². The SMILES string of the molecule is O=C(NNc1ccccc1C(F)(F)F)c1ccc(=O)[nH]n1. The molecule has 1 amide bonds. The number of aromatic amines is 1. The smallest absolute Gasteiger partial charge is 0.298 e. The summed E-state index contributed by atoms with van der Waals surface area (Å²) in [4.78, 5) is 22.4. The molecule has 1 aromatic carbocycles. The molecule has 21 heavy (non-hydrogen) atoms. The Morgan fingerprint density at radius 3 is 2.48 bits per heavy atom. The minimum atomic E-state index is -4.55. The Kier molecular flexibility index (Phi) is 3.92. The summed E-state index contributed by atoms with van der Waals surface area (Å²) in [6.45, 7) is 0. The van der Waals surface area contributed by atoms with Crippen molar-refractivity contribution in [3.8, 4) is 0 Å². The van der Waals surface area contributed by atoms with Gasteiger partial charge in [0, 0.05) is 6.07 Å². The summed E-state index contributed by atoms with van der Waals surface area (Å²) in [6.07, 6.45) is -4.55. The van der Waals surface area contributed by atoms with Gasteiger partial charge < -0.3 is 0 Å². The van der Waals surface area contributed by atoms with Crippen molar-refractivity contribution < 1.29 is 18.0 Å². The number of carbonyl (C=O) groups is 1. The summed E-state index contributed by atoms with van der Waals surface area (Å²) in [5, 5.41) is 5.49.